The predicted octanol–water partition coefficient (Wildman–Crippen LogP) is 4.96. The number of nitrogens with one attached hydrogen (secondary N) is 2. The Balaban J connectivity index is 1.59. The van der Waals surface area contributed by atoms with Crippen LogP contribution in [-0.4, -0.2) is 24.3 Å². The van der Waals surface area contributed by atoms with Crippen LogP contribution in [0.4, 0.5) is 28.9 Å². The zero-order chi connectivity index (χ0) is 23.6. The lowest BCUT2D eigenvalue weighted by molar-refractivity contribution is -0.461. The maximum absolute atomic E-state index is 14.0. The van der Waals surface area contributed by atoms with Crippen LogP contribution in [0.3, 0.4) is 0 Å². The van der Waals surface area contributed by atoms with Gasteiger partial charge in [0.1, 0.15) is 11.5 Å². The number of ether oxygens (including phenoxy) is 3. The van der Waals surface area contributed by atoms with Crippen LogP contribution in [0, 0.1) is 0 Å². The molecule has 0 unspecified atom stereocenters. The molecule has 0 radical (unpaired) electrons. The van der Waals surface area contributed by atoms with E-state index in [1.807, 2.05) is 0 Å². The van der Waals surface area contributed by atoms with Crippen molar-refractivity contribution in [2.75, 3.05) is 17.7 Å². The molecule has 4 rings (SSSR count). The number of anilines is 2. The number of nitrogens with zero attached hydrogens (tertiary/aromatic N) is 1. The standard InChI is InChI=1S/C22H17F4N3O4/c1-31-18-4-2-3-15(19(18)28-12-13-7-9-27-10-8-13)20(30)29-14-5-6-17-16(11-14)21(23,24)33-22(25,26)32-17/h2-11,28H,12H2,1H3,(H,29,30). The number of para-hydroxylation sites is 1. The van der Waals surface area contributed by atoms with Crippen molar-refractivity contribution in [3.05, 3.63) is 77.6 Å². The largest absolute Gasteiger partial charge is 0.540 e. The number of amides is 1. The van der Waals surface area contributed by atoms with Gasteiger partial charge in [0.25, 0.3) is 5.91 Å². The van der Waals surface area contributed by atoms with Gasteiger partial charge in [0.2, 0.25) is 0 Å². The summed E-state index contributed by atoms with van der Waals surface area (Å²) in [5.74, 6) is -1.01. The number of halogens is 4. The Kier molecular flexibility index (Phi) is 5.81. The van der Waals surface area contributed by atoms with E-state index < -0.39 is 29.6 Å². The number of fused-ring (bicyclic) bond motifs is 1. The number of carbonyl (C=O) groups excluding carboxylic acids is 1. The highest BCUT2D eigenvalue weighted by atomic mass is 19.3. The molecule has 1 aliphatic heterocycles. The molecular formula is C22H17F4N3O4. The zero-order valence-electron chi connectivity index (χ0n) is 17.1. The first kappa shape index (κ1) is 22.3. The van der Waals surface area contributed by atoms with E-state index in [-0.39, 0.29) is 11.3 Å². The lowest BCUT2D eigenvalue weighted by Gasteiger charge is -2.30. The number of aromatic nitrogens is 1. The summed E-state index contributed by atoms with van der Waals surface area (Å²) >= 11 is 0. The van der Waals surface area contributed by atoms with Crippen molar-refractivity contribution in [3.8, 4) is 11.5 Å². The molecule has 2 aromatic carbocycles. The fraction of sp³-hybridized carbons (Fsp3) is 0.182. The van der Waals surface area contributed by atoms with Gasteiger partial charge >= 0.3 is 12.4 Å². The first-order valence-electron chi connectivity index (χ1n) is 9.59. The van der Waals surface area contributed by atoms with Gasteiger partial charge in [-0.2, -0.15) is 8.78 Å². The molecule has 0 atom stereocenters. The quantitative estimate of drug-likeness (QED) is 0.503. The minimum atomic E-state index is -4.47. The molecule has 0 fully saturated rings. The van der Waals surface area contributed by atoms with Crippen LogP contribution in [0.5, 0.6) is 11.5 Å². The average Bonchev–Trinajstić information content (AvgIpc) is 2.77. The molecule has 0 spiro atoms. The summed E-state index contributed by atoms with van der Waals surface area (Å²) in [6, 6.07) is 11.2. The summed E-state index contributed by atoms with van der Waals surface area (Å²) in [6.45, 7) is 0.358. The summed E-state index contributed by atoms with van der Waals surface area (Å²) in [7, 11) is 1.44. The van der Waals surface area contributed by atoms with Gasteiger partial charge in [0, 0.05) is 24.6 Å². The van der Waals surface area contributed by atoms with E-state index in [2.05, 4.69) is 25.1 Å². The highest BCUT2D eigenvalue weighted by Gasteiger charge is 2.54. The summed E-state index contributed by atoms with van der Waals surface area (Å²) in [5, 5.41) is 5.61. The monoisotopic (exact) mass is 463 g/mol. The van der Waals surface area contributed by atoms with Crippen LogP contribution in [0.1, 0.15) is 21.5 Å². The van der Waals surface area contributed by atoms with Crippen molar-refractivity contribution in [2.24, 2.45) is 0 Å². The number of hydrogen-bond donors (Lipinski definition) is 2. The lowest BCUT2D eigenvalue weighted by Crippen LogP contribution is -2.41. The number of carbonyl (C=O) groups is 1. The molecule has 0 bridgehead atoms. The van der Waals surface area contributed by atoms with Gasteiger partial charge in [0.05, 0.1) is 23.9 Å². The van der Waals surface area contributed by atoms with Gasteiger partial charge in [-0.1, -0.05) is 6.07 Å². The molecule has 7 nitrogen and oxygen atoms in total. The second kappa shape index (κ2) is 8.58. The third kappa shape index (κ3) is 4.82. The van der Waals surface area contributed by atoms with E-state index in [4.69, 9.17) is 4.74 Å². The van der Waals surface area contributed by atoms with Crippen molar-refractivity contribution in [1.82, 2.24) is 4.98 Å². The van der Waals surface area contributed by atoms with E-state index >= 15 is 0 Å². The predicted molar refractivity (Wildman–Crippen MR) is 110 cm³/mol. The first-order chi connectivity index (χ1) is 15.7. The number of alkyl halides is 4. The van der Waals surface area contributed by atoms with Gasteiger partial charge in [-0.3, -0.25) is 9.78 Å². The van der Waals surface area contributed by atoms with Crippen LogP contribution in [-0.2, 0) is 17.4 Å². The fourth-order valence-corrected chi connectivity index (χ4v) is 3.24. The molecule has 1 aliphatic rings. The van der Waals surface area contributed by atoms with E-state index in [0.717, 1.165) is 17.7 Å². The second-order valence-electron chi connectivity index (χ2n) is 6.94. The van der Waals surface area contributed by atoms with Gasteiger partial charge in [0.15, 0.2) is 0 Å². The summed E-state index contributed by atoms with van der Waals surface area (Å²) in [4.78, 5) is 16.9. The van der Waals surface area contributed by atoms with E-state index in [1.165, 1.54) is 19.2 Å². The van der Waals surface area contributed by atoms with Crippen LogP contribution in [0.25, 0.3) is 0 Å². The zero-order valence-corrected chi connectivity index (χ0v) is 17.1. The van der Waals surface area contributed by atoms with Crippen molar-refractivity contribution >= 4 is 17.3 Å². The molecule has 2 N–H and O–H groups in total. The van der Waals surface area contributed by atoms with Crippen LogP contribution in [0.2, 0.25) is 0 Å². The molecule has 33 heavy (non-hydrogen) atoms. The number of benzene rings is 2. The molecule has 1 amide bonds. The fourth-order valence-electron chi connectivity index (χ4n) is 3.24. The number of methoxy groups -OCH3 is 1. The summed E-state index contributed by atoms with van der Waals surface area (Å²) < 4.78 is 67.4. The van der Waals surface area contributed by atoms with Crippen LogP contribution >= 0.6 is 0 Å². The van der Waals surface area contributed by atoms with E-state index in [9.17, 15) is 22.4 Å². The number of rotatable bonds is 6. The molecule has 1 aromatic heterocycles. The van der Waals surface area contributed by atoms with Crippen molar-refractivity contribution in [1.29, 1.82) is 0 Å². The third-order valence-corrected chi connectivity index (χ3v) is 4.74. The van der Waals surface area contributed by atoms with Gasteiger partial charge in [-0.25, -0.2) is 4.74 Å². The Bertz CT molecular complexity index is 1180. The Morgan fingerprint density at radius 3 is 2.58 bits per heavy atom. The first-order valence-corrected chi connectivity index (χ1v) is 9.59. The summed E-state index contributed by atoms with van der Waals surface area (Å²) in [6.07, 6.45) is -5.54. The van der Waals surface area contributed by atoms with Gasteiger partial charge in [-0.05, 0) is 48.0 Å². The average molecular weight is 463 g/mol. The molecule has 172 valence electrons. The molecule has 3 aromatic rings. The lowest BCUT2D eigenvalue weighted by atomic mass is 10.1. The minimum Gasteiger partial charge on any atom is -0.495 e. The van der Waals surface area contributed by atoms with Crippen LogP contribution < -0.4 is 20.1 Å². The minimum absolute atomic E-state index is 0.0706. The molecule has 11 heteroatoms. The highest BCUT2D eigenvalue weighted by molar-refractivity contribution is 6.09. The molecule has 0 aliphatic carbocycles. The maximum atomic E-state index is 14.0. The topological polar surface area (TPSA) is 81.7 Å². The van der Waals surface area contributed by atoms with Crippen molar-refractivity contribution in [3.63, 3.8) is 0 Å². The molecule has 2 heterocycles. The SMILES string of the molecule is COc1cccc(C(=O)Nc2ccc3c(c2)C(F)(F)OC(F)(F)O3)c1NCc1ccncc1. The van der Waals surface area contributed by atoms with Crippen LogP contribution in [0.15, 0.2) is 60.9 Å². The highest BCUT2D eigenvalue weighted by Crippen LogP contribution is 2.47. The Labute approximate surface area is 185 Å². The smallest absolute Gasteiger partial charge is 0.495 e. The third-order valence-electron chi connectivity index (χ3n) is 4.74. The molecular weight excluding hydrogens is 446 g/mol. The van der Waals surface area contributed by atoms with E-state index in [1.54, 1.807) is 36.7 Å². The van der Waals surface area contributed by atoms with Gasteiger partial charge in [-0.15, -0.1) is 8.78 Å². The summed E-state index contributed by atoms with van der Waals surface area (Å²) in [5.41, 5.74) is 0.443. The second-order valence-corrected chi connectivity index (χ2v) is 6.94. The van der Waals surface area contributed by atoms with E-state index in [0.29, 0.717) is 18.0 Å². The Morgan fingerprint density at radius 1 is 1.09 bits per heavy atom. The number of hydrogen-bond acceptors (Lipinski definition) is 6. The van der Waals surface area contributed by atoms with Crippen molar-refractivity contribution < 1.29 is 36.6 Å². The molecule has 0 saturated carbocycles. The Morgan fingerprint density at radius 2 is 1.85 bits per heavy atom. The Hall–Kier alpha value is -3.86. The number of pyridine rings is 1. The normalized spacial score (nSPS) is 15.7. The maximum Gasteiger partial charge on any atom is 0.540 e. The van der Waals surface area contributed by atoms with Crippen molar-refractivity contribution in [2.45, 2.75) is 18.9 Å². The van der Waals surface area contributed by atoms with Gasteiger partial charge < -0.3 is 20.1 Å². The molecule has 0 saturated heterocycles.